The van der Waals surface area contributed by atoms with Crippen LogP contribution in [0, 0.1) is 5.92 Å². The van der Waals surface area contributed by atoms with Crippen molar-refractivity contribution in [2.24, 2.45) is 11.7 Å². The normalized spacial score (nSPS) is 15.4. The van der Waals surface area contributed by atoms with Crippen LogP contribution >= 0.6 is 11.8 Å². The van der Waals surface area contributed by atoms with Crippen LogP contribution in [0.4, 0.5) is 4.79 Å². The molecular weight excluding hydrogens is 278 g/mol. The standard InChI is InChI=1S/C12H19N5O2S/c13-11(19)15-10(18)5-6-20-12-14-9(16-17-12)7-8-3-1-2-4-8/h8H,1-7H2,(H,14,16,17)(H3,13,15,18,19). The Hall–Kier alpha value is -1.57. The zero-order valence-corrected chi connectivity index (χ0v) is 12.0. The number of H-pyrrole nitrogens is 1. The second-order valence-corrected chi connectivity index (χ2v) is 5.99. The van der Waals surface area contributed by atoms with Crippen molar-refractivity contribution in [2.75, 3.05) is 5.75 Å². The second kappa shape index (κ2) is 7.28. The van der Waals surface area contributed by atoms with Crippen LogP contribution in [0.25, 0.3) is 0 Å². The van der Waals surface area contributed by atoms with Crippen LogP contribution in [0.2, 0.25) is 0 Å². The molecule has 1 aliphatic carbocycles. The molecule has 1 fully saturated rings. The molecule has 3 amide bonds. The quantitative estimate of drug-likeness (QED) is 0.683. The molecule has 1 heterocycles. The fraction of sp³-hybridized carbons (Fsp3) is 0.667. The number of amides is 3. The number of nitrogens with one attached hydrogen (secondary N) is 2. The molecule has 0 aliphatic heterocycles. The number of rotatable bonds is 6. The van der Waals surface area contributed by atoms with E-state index in [2.05, 4.69) is 15.2 Å². The van der Waals surface area contributed by atoms with E-state index in [9.17, 15) is 9.59 Å². The van der Waals surface area contributed by atoms with Gasteiger partial charge in [0, 0.05) is 18.6 Å². The molecule has 0 saturated heterocycles. The summed E-state index contributed by atoms with van der Waals surface area (Å²) in [6, 6.07) is -0.822. The highest BCUT2D eigenvalue weighted by atomic mass is 32.2. The fourth-order valence-electron chi connectivity index (χ4n) is 2.36. The first kappa shape index (κ1) is 14.8. The Morgan fingerprint density at radius 3 is 2.85 bits per heavy atom. The maximum Gasteiger partial charge on any atom is 0.318 e. The molecule has 0 unspecified atom stereocenters. The third kappa shape index (κ3) is 4.84. The molecule has 4 N–H and O–H groups in total. The molecule has 0 radical (unpaired) electrons. The van der Waals surface area contributed by atoms with E-state index in [4.69, 9.17) is 5.73 Å². The lowest BCUT2D eigenvalue weighted by Crippen LogP contribution is -2.35. The minimum absolute atomic E-state index is 0.208. The molecule has 1 saturated carbocycles. The lowest BCUT2D eigenvalue weighted by molar-refractivity contribution is -0.119. The smallest absolute Gasteiger partial charge is 0.318 e. The Kier molecular flexibility index (Phi) is 5.40. The number of aromatic amines is 1. The fourth-order valence-corrected chi connectivity index (χ4v) is 3.11. The van der Waals surface area contributed by atoms with E-state index in [0.29, 0.717) is 10.9 Å². The molecule has 2 rings (SSSR count). The van der Waals surface area contributed by atoms with Crippen molar-refractivity contribution in [3.63, 3.8) is 0 Å². The third-order valence-corrected chi connectivity index (χ3v) is 4.14. The third-order valence-electron chi connectivity index (χ3n) is 3.29. The minimum atomic E-state index is -0.822. The number of hydrogen-bond donors (Lipinski definition) is 3. The summed E-state index contributed by atoms with van der Waals surface area (Å²) in [5.41, 5.74) is 4.85. The topological polar surface area (TPSA) is 114 Å². The molecular formula is C12H19N5O2S. The average Bonchev–Trinajstić information content (AvgIpc) is 3.01. The van der Waals surface area contributed by atoms with Gasteiger partial charge in [-0.25, -0.2) is 9.78 Å². The molecule has 110 valence electrons. The van der Waals surface area contributed by atoms with Gasteiger partial charge < -0.3 is 5.73 Å². The van der Waals surface area contributed by atoms with Crippen molar-refractivity contribution in [1.82, 2.24) is 20.5 Å². The highest BCUT2D eigenvalue weighted by Crippen LogP contribution is 2.27. The summed E-state index contributed by atoms with van der Waals surface area (Å²) in [5.74, 6) is 1.77. The number of carbonyl (C=O) groups is 2. The van der Waals surface area contributed by atoms with Crippen LogP contribution in [-0.4, -0.2) is 32.9 Å². The van der Waals surface area contributed by atoms with E-state index >= 15 is 0 Å². The van der Waals surface area contributed by atoms with Gasteiger partial charge in [-0.05, 0) is 5.92 Å². The summed E-state index contributed by atoms with van der Waals surface area (Å²) in [6.45, 7) is 0. The van der Waals surface area contributed by atoms with Gasteiger partial charge in [0.05, 0.1) is 0 Å². The van der Waals surface area contributed by atoms with Crippen LogP contribution < -0.4 is 11.1 Å². The van der Waals surface area contributed by atoms with E-state index in [1.54, 1.807) is 0 Å². The number of primary amides is 1. The first-order valence-corrected chi connectivity index (χ1v) is 7.75. The molecule has 8 heteroatoms. The number of thioether (sulfide) groups is 1. The molecule has 1 aromatic rings. The van der Waals surface area contributed by atoms with E-state index in [1.807, 2.05) is 5.32 Å². The molecule has 0 bridgehead atoms. The van der Waals surface area contributed by atoms with Crippen LogP contribution in [0.5, 0.6) is 0 Å². The number of carbonyl (C=O) groups excluding carboxylic acids is 2. The number of nitrogens with zero attached hydrogens (tertiary/aromatic N) is 2. The van der Waals surface area contributed by atoms with Gasteiger partial charge in [-0.1, -0.05) is 37.4 Å². The van der Waals surface area contributed by atoms with Gasteiger partial charge in [-0.15, -0.1) is 5.10 Å². The van der Waals surface area contributed by atoms with E-state index in [0.717, 1.165) is 18.2 Å². The van der Waals surface area contributed by atoms with Crippen molar-refractivity contribution < 1.29 is 9.59 Å². The SMILES string of the molecule is NC(=O)NC(=O)CCSc1n[nH]c(CC2CCCC2)n1. The van der Waals surface area contributed by atoms with Gasteiger partial charge in [0.15, 0.2) is 0 Å². The highest BCUT2D eigenvalue weighted by molar-refractivity contribution is 7.99. The molecule has 0 spiro atoms. The van der Waals surface area contributed by atoms with Crippen LogP contribution in [0.1, 0.15) is 37.9 Å². The lowest BCUT2D eigenvalue weighted by Gasteiger charge is -2.04. The van der Waals surface area contributed by atoms with Crippen molar-refractivity contribution in [2.45, 2.75) is 43.7 Å². The van der Waals surface area contributed by atoms with E-state index in [-0.39, 0.29) is 12.3 Å². The zero-order valence-electron chi connectivity index (χ0n) is 11.2. The van der Waals surface area contributed by atoms with Gasteiger partial charge in [-0.3, -0.25) is 15.2 Å². The summed E-state index contributed by atoms with van der Waals surface area (Å²) >= 11 is 1.39. The number of urea groups is 1. The van der Waals surface area contributed by atoms with Crippen LogP contribution in [0.3, 0.4) is 0 Å². The summed E-state index contributed by atoms with van der Waals surface area (Å²) in [7, 11) is 0. The highest BCUT2D eigenvalue weighted by Gasteiger charge is 2.17. The summed E-state index contributed by atoms with van der Waals surface area (Å²) in [4.78, 5) is 26.1. The number of imide groups is 1. The Bertz CT molecular complexity index is 470. The van der Waals surface area contributed by atoms with Gasteiger partial charge in [0.1, 0.15) is 5.82 Å². The van der Waals surface area contributed by atoms with E-state index < -0.39 is 6.03 Å². The molecule has 0 aromatic carbocycles. The molecule has 0 atom stereocenters. The zero-order chi connectivity index (χ0) is 14.4. The first-order valence-electron chi connectivity index (χ1n) is 6.77. The largest absolute Gasteiger partial charge is 0.351 e. The maximum absolute atomic E-state index is 11.2. The van der Waals surface area contributed by atoms with Crippen molar-refractivity contribution in [3.05, 3.63) is 5.82 Å². The van der Waals surface area contributed by atoms with Gasteiger partial charge in [0.2, 0.25) is 11.1 Å². The Balaban J connectivity index is 1.69. The number of nitrogens with two attached hydrogens (primary N) is 1. The molecule has 20 heavy (non-hydrogen) atoms. The van der Waals surface area contributed by atoms with Crippen molar-refractivity contribution >= 4 is 23.7 Å². The summed E-state index contributed by atoms with van der Waals surface area (Å²) in [5, 5.41) is 9.73. The van der Waals surface area contributed by atoms with Crippen LogP contribution in [-0.2, 0) is 11.2 Å². The van der Waals surface area contributed by atoms with Gasteiger partial charge >= 0.3 is 6.03 Å². The average molecular weight is 297 g/mol. The molecule has 7 nitrogen and oxygen atoms in total. The lowest BCUT2D eigenvalue weighted by atomic mass is 10.0. The maximum atomic E-state index is 11.2. The van der Waals surface area contributed by atoms with Crippen molar-refractivity contribution in [1.29, 1.82) is 0 Å². The minimum Gasteiger partial charge on any atom is -0.351 e. The molecule has 1 aromatic heterocycles. The predicted molar refractivity (Wildman–Crippen MR) is 75.1 cm³/mol. The second-order valence-electron chi connectivity index (χ2n) is 4.93. The Morgan fingerprint density at radius 1 is 1.40 bits per heavy atom. The number of hydrogen-bond acceptors (Lipinski definition) is 5. The monoisotopic (exact) mass is 297 g/mol. The van der Waals surface area contributed by atoms with Crippen LogP contribution in [0.15, 0.2) is 5.16 Å². The summed E-state index contributed by atoms with van der Waals surface area (Å²) < 4.78 is 0. The van der Waals surface area contributed by atoms with Gasteiger partial charge in [-0.2, -0.15) is 0 Å². The predicted octanol–water partition coefficient (Wildman–Crippen LogP) is 1.21. The van der Waals surface area contributed by atoms with E-state index in [1.165, 1.54) is 37.4 Å². The molecule has 1 aliphatic rings. The number of aromatic nitrogens is 3. The van der Waals surface area contributed by atoms with Gasteiger partial charge in [0.25, 0.3) is 0 Å². The first-order chi connectivity index (χ1) is 9.63. The Labute approximate surface area is 121 Å². The van der Waals surface area contributed by atoms with Crippen molar-refractivity contribution in [3.8, 4) is 0 Å². The Morgan fingerprint density at radius 2 is 2.15 bits per heavy atom. The summed E-state index contributed by atoms with van der Waals surface area (Å²) in [6.07, 6.45) is 6.34.